The van der Waals surface area contributed by atoms with Crippen LogP contribution in [0.25, 0.3) is 10.9 Å². The van der Waals surface area contributed by atoms with Gasteiger partial charge in [-0.1, -0.05) is 32.9 Å². The number of carbonyl (C=O) groups excluding carboxylic acids is 1. The van der Waals surface area contributed by atoms with E-state index < -0.39 is 0 Å². The van der Waals surface area contributed by atoms with Crippen molar-refractivity contribution in [3.05, 3.63) is 47.9 Å². The molecule has 0 aliphatic rings. The zero-order valence-corrected chi connectivity index (χ0v) is 12.3. The van der Waals surface area contributed by atoms with Crippen LogP contribution in [0, 0.1) is 0 Å². The Hall–Kier alpha value is -2.56. The first-order valence-electron chi connectivity index (χ1n) is 6.87. The van der Waals surface area contributed by atoms with E-state index in [9.17, 15) is 4.79 Å². The average Bonchev–Trinajstić information content (AvgIpc) is 3.04. The summed E-state index contributed by atoms with van der Waals surface area (Å²) in [4.78, 5) is 15.4. The molecular formula is C16H18N4O. The molecular weight excluding hydrogens is 264 g/mol. The summed E-state index contributed by atoms with van der Waals surface area (Å²) in [5.41, 5.74) is 3.48. The van der Waals surface area contributed by atoms with Gasteiger partial charge in [0.2, 0.25) is 0 Å². The van der Waals surface area contributed by atoms with Crippen LogP contribution >= 0.6 is 0 Å². The van der Waals surface area contributed by atoms with Gasteiger partial charge < -0.3 is 10.3 Å². The van der Waals surface area contributed by atoms with Crippen LogP contribution in [-0.4, -0.2) is 21.1 Å². The van der Waals surface area contributed by atoms with Crippen molar-refractivity contribution in [1.29, 1.82) is 0 Å². The summed E-state index contributed by atoms with van der Waals surface area (Å²) >= 11 is 0. The lowest BCUT2D eigenvalue weighted by Gasteiger charge is -2.18. The molecule has 2 aromatic heterocycles. The number of carbonyl (C=O) groups is 1. The highest BCUT2D eigenvalue weighted by Crippen LogP contribution is 2.26. The molecule has 21 heavy (non-hydrogen) atoms. The Labute approximate surface area is 122 Å². The van der Waals surface area contributed by atoms with Crippen molar-refractivity contribution in [3.63, 3.8) is 0 Å². The van der Waals surface area contributed by atoms with Crippen LogP contribution in [0.15, 0.2) is 36.7 Å². The maximum absolute atomic E-state index is 12.2. The third kappa shape index (κ3) is 2.67. The van der Waals surface area contributed by atoms with E-state index in [0.717, 1.165) is 10.9 Å². The van der Waals surface area contributed by atoms with Crippen molar-refractivity contribution in [2.24, 2.45) is 0 Å². The van der Waals surface area contributed by atoms with Crippen molar-refractivity contribution in [2.75, 3.05) is 5.32 Å². The normalized spacial score (nSPS) is 11.8. The third-order valence-electron chi connectivity index (χ3n) is 3.49. The Morgan fingerprint density at radius 1 is 1.24 bits per heavy atom. The summed E-state index contributed by atoms with van der Waals surface area (Å²) in [6.45, 7) is 6.51. The maximum atomic E-state index is 12.2. The van der Waals surface area contributed by atoms with E-state index in [0.29, 0.717) is 11.4 Å². The molecule has 0 spiro atoms. The van der Waals surface area contributed by atoms with Gasteiger partial charge in [0.1, 0.15) is 5.69 Å². The predicted molar refractivity (Wildman–Crippen MR) is 83.5 cm³/mol. The second-order valence-electron chi connectivity index (χ2n) is 6.18. The molecule has 1 aromatic carbocycles. The largest absolute Gasteiger partial charge is 0.351 e. The van der Waals surface area contributed by atoms with Crippen molar-refractivity contribution >= 4 is 22.5 Å². The van der Waals surface area contributed by atoms with Crippen molar-refractivity contribution in [3.8, 4) is 0 Å². The highest BCUT2D eigenvalue weighted by molar-refractivity contribution is 6.05. The Morgan fingerprint density at radius 3 is 2.71 bits per heavy atom. The summed E-state index contributed by atoms with van der Waals surface area (Å²) in [6.07, 6.45) is 3.20. The smallest absolute Gasteiger partial charge is 0.272 e. The summed E-state index contributed by atoms with van der Waals surface area (Å²) < 4.78 is 0. The summed E-state index contributed by atoms with van der Waals surface area (Å²) in [5, 5.41) is 10.3. The molecule has 0 radical (unpaired) electrons. The summed E-state index contributed by atoms with van der Waals surface area (Å²) in [6, 6.07) is 8.11. The highest BCUT2D eigenvalue weighted by atomic mass is 16.1. The SMILES string of the molecule is CC(C)(C)c1ccc2cc(C(=O)Nc3cn[nH]c3)[nH]c2c1. The van der Waals surface area contributed by atoms with E-state index in [-0.39, 0.29) is 11.3 Å². The molecule has 5 nitrogen and oxygen atoms in total. The van der Waals surface area contributed by atoms with Crippen LogP contribution < -0.4 is 5.32 Å². The van der Waals surface area contributed by atoms with Gasteiger partial charge in [-0.15, -0.1) is 0 Å². The second-order valence-corrected chi connectivity index (χ2v) is 6.18. The molecule has 0 saturated heterocycles. The van der Waals surface area contributed by atoms with Crippen LogP contribution in [-0.2, 0) is 5.41 Å². The second kappa shape index (κ2) is 4.77. The van der Waals surface area contributed by atoms with Crippen LogP contribution in [0.5, 0.6) is 0 Å². The molecule has 3 N–H and O–H groups in total. The quantitative estimate of drug-likeness (QED) is 0.673. The van der Waals surface area contributed by atoms with Gasteiger partial charge in [-0.2, -0.15) is 5.10 Å². The first-order valence-corrected chi connectivity index (χ1v) is 6.87. The lowest BCUT2D eigenvalue weighted by atomic mass is 9.87. The van der Waals surface area contributed by atoms with Crippen LogP contribution in [0.4, 0.5) is 5.69 Å². The number of H-pyrrole nitrogens is 2. The molecule has 3 rings (SSSR count). The van der Waals surface area contributed by atoms with Gasteiger partial charge in [-0.25, -0.2) is 0 Å². The molecule has 0 aliphatic carbocycles. The molecule has 0 atom stereocenters. The number of rotatable bonds is 2. The van der Waals surface area contributed by atoms with Crippen LogP contribution in [0.1, 0.15) is 36.8 Å². The van der Waals surface area contributed by atoms with Gasteiger partial charge in [0.05, 0.1) is 11.9 Å². The number of aromatic nitrogens is 3. The minimum Gasteiger partial charge on any atom is -0.351 e. The standard InChI is InChI=1S/C16H18N4O/c1-16(2,3)11-5-4-10-6-14(20-13(10)7-11)15(21)19-12-8-17-18-9-12/h4-9,20H,1-3H3,(H,17,18)(H,19,21). The number of aromatic amines is 2. The molecule has 3 aromatic rings. The molecule has 5 heteroatoms. The average molecular weight is 282 g/mol. The van der Waals surface area contributed by atoms with Crippen LogP contribution in [0.2, 0.25) is 0 Å². The molecule has 2 heterocycles. The number of hydrogen-bond acceptors (Lipinski definition) is 2. The summed E-state index contributed by atoms with van der Waals surface area (Å²) in [5.74, 6) is -0.176. The summed E-state index contributed by atoms with van der Waals surface area (Å²) in [7, 11) is 0. The zero-order valence-electron chi connectivity index (χ0n) is 12.3. The molecule has 0 aliphatic heterocycles. The van der Waals surface area contributed by atoms with Crippen molar-refractivity contribution in [2.45, 2.75) is 26.2 Å². The van der Waals surface area contributed by atoms with Crippen LogP contribution in [0.3, 0.4) is 0 Å². The van der Waals surface area contributed by atoms with Gasteiger partial charge in [-0.05, 0) is 23.1 Å². The molecule has 0 saturated carbocycles. The van der Waals surface area contributed by atoms with E-state index in [1.807, 2.05) is 12.1 Å². The number of nitrogens with zero attached hydrogens (tertiary/aromatic N) is 1. The fourth-order valence-corrected chi connectivity index (χ4v) is 2.23. The van der Waals surface area contributed by atoms with E-state index in [4.69, 9.17) is 0 Å². The van der Waals surface area contributed by atoms with E-state index in [1.165, 1.54) is 5.56 Å². The van der Waals surface area contributed by atoms with Crippen molar-refractivity contribution in [1.82, 2.24) is 15.2 Å². The lowest BCUT2D eigenvalue weighted by molar-refractivity contribution is 0.102. The Kier molecular flexibility index (Phi) is 3.05. The number of benzene rings is 1. The predicted octanol–water partition coefficient (Wildman–Crippen LogP) is 3.44. The van der Waals surface area contributed by atoms with Gasteiger partial charge in [-0.3, -0.25) is 9.89 Å². The Balaban J connectivity index is 1.92. The lowest BCUT2D eigenvalue weighted by Crippen LogP contribution is -2.11. The van der Waals surface area contributed by atoms with Gasteiger partial charge >= 0.3 is 0 Å². The molecule has 0 unspecified atom stereocenters. The molecule has 0 fully saturated rings. The van der Waals surface area contributed by atoms with Crippen molar-refractivity contribution < 1.29 is 4.79 Å². The fraction of sp³-hybridized carbons (Fsp3) is 0.250. The molecule has 0 bridgehead atoms. The van der Waals surface area contributed by atoms with Gasteiger partial charge in [0.25, 0.3) is 5.91 Å². The number of anilines is 1. The minimum atomic E-state index is -0.176. The first kappa shape index (κ1) is 13.4. The van der Waals surface area contributed by atoms with Gasteiger partial charge in [0.15, 0.2) is 0 Å². The van der Waals surface area contributed by atoms with E-state index >= 15 is 0 Å². The number of fused-ring (bicyclic) bond motifs is 1. The number of amides is 1. The fourth-order valence-electron chi connectivity index (χ4n) is 2.23. The Bertz CT molecular complexity index is 778. The maximum Gasteiger partial charge on any atom is 0.272 e. The van der Waals surface area contributed by atoms with Gasteiger partial charge in [0, 0.05) is 17.1 Å². The molecule has 1 amide bonds. The monoisotopic (exact) mass is 282 g/mol. The highest BCUT2D eigenvalue weighted by Gasteiger charge is 2.16. The van der Waals surface area contributed by atoms with E-state index in [1.54, 1.807) is 12.4 Å². The third-order valence-corrected chi connectivity index (χ3v) is 3.49. The number of hydrogen-bond donors (Lipinski definition) is 3. The minimum absolute atomic E-state index is 0.0819. The first-order chi connectivity index (χ1) is 9.93. The topological polar surface area (TPSA) is 73.6 Å². The Morgan fingerprint density at radius 2 is 2.05 bits per heavy atom. The zero-order chi connectivity index (χ0) is 15.0. The number of nitrogens with one attached hydrogen (secondary N) is 3. The molecule has 108 valence electrons. The van der Waals surface area contributed by atoms with E-state index in [2.05, 4.69) is 53.4 Å².